The number of rotatable bonds is 6. The second-order valence-electron chi connectivity index (χ2n) is 10.3. The van der Waals surface area contributed by atoms with Crippen molar-refractivity contribution in [3.8, 4) is 11.8 Å². The maximum Gasteiger partial charge on any atom is 0.335 e. The number of carboxylic acids is 1. The van der Waals surface area contributed by atoms with Gasteiger partial charge in [0, 0.05) is 12.0 Å². The van der Waals surface area contributed by atoms with Gasteiger partial charge < -0.3 is 14.8 Å². The van der Waals surface area contributed by atoms with E-state index in [1.54, 1.807) is 12.1 Å². The molecule has 1 aromatic carbocycles. The van der Waals surface area contributed by atoms with Crippen LogP contribution in [0.5, 0.6) is 11.8 Å². The molecular weight excluding hydrogens is 420 g/mol. The van der Waals surface area contributed by atoms with Gasteiger partial charge in [-0.15, -0.1) is 0 Å². The molecule has 2 heterocycles. The highest BCUT2D eigenvalue weighted by atomic mass is 16.5. The molecule has 0 saturated heterocycles. The van der Waals surface area contributed by atoms with Crippen molar-refractivity contribution in [2.45, 2.75) is 63.8 Å². The van der Waals surface area contributed by atoms with Gasteiger partial charge in [0.05, 0.1) is 5.56 Å². The Morgan fingerprint density at radius 2 is 1.76 bits per heavy atom. The number of aromatic carboxylic acids is 1. The van der Waals surface area contributed by atoms with Crippen molar-refractivity contribution in [1.29, 1.82) is 0 Å². The number of nitrogens with zero attached hydrogens (tertiary/aromatic N) is 3. The normalized spacial score (nSPS) is 27.8. The molecule has 4 fully saturated rings. The number of benzene rings is 1. The summed E-state index contributed by atoms with van der Waals surface area (Å²) in [5.74, 6) is 2.68. The Labute approximate surface area is 191 Å². The Morgan fingerprint density at radius 1 is 1.12 bits per heavy atom. The lowest BCUT2D eigenvalue weighted by Crippen LogP contribution is -2.49. The average Bonchev–Trinajstić information content (AvgIpc) is 3.21. The summed E-state index contributed by atoms with van der Waals surface area (Å²) in [6, 6.07) is 6.26. The topological polar surface area (TPSA) is 110 Å². The molecule has 7 rings (SSSR count). The Kier molecular flexibility index (Phi) is 4.61. The molecule has 3 aromatic rings. The summed E-state index contributed by atoms with van der Waals surface area (Å²) < 4.78 is 7.49. The summed E-state index contributed by atoms with van der Waals surface area (Å²) >= 11 is 0. The molecule has 0 radical (unpaired) electrons. The summed E-state index contributed by atoms with van der Waals surface area (Å²) in [4.78, 5) is 37.4. The molecule has 4 aliphatic rings. The number of nitrogens with one attached hydrogen (secondary N) is 1. The van der Waals surface area contributed by atoms with Gasteiger partial charge in [-0.2, -0.15) is 4.98 Å². The number of carboxylic acid groups (broad SMARTS) is 1. The molecule has 0 aliphatic heterocycles. The molecule has 4 aliphatic carbocycles. The minimum Gasteiger partial charge on any atom is -0.478 e. The third-order valence-electron chi connectivity index (χ3n) is 7.87. The molecule has 33 heavy (non-hydrogen) atoms. The second kappa shape index (κ2) is 7.43. The molecule has 172 valence electrons. The Hall–Kier alpha value is -3.16. The lowest BCUT2D eigenvalue weighted by atomic mass is 9.49. The summed E-state index contributed by atoms with van der Waals surface area (Å²) in [7, 11) is 0. The first-order chi connectivity index (χ1) is 15.9. The van der Waals surface area contributed by atoms with Crippen LogP contribution in [0, 0.1) is 17.8 Å². The van der Waals surface area contributed by atoms with E-state index in [2.05, 4.69) is 9.97 Å². The van der Waals surface area contributed by atoms with Gasteiger partial charge in [0.25, 0.3) is 5.56 Å². The predicted molar refractivity (Wildman–Crippen MR) is 122 cm³/mol. The van der Waals surface area contributed by atoms with Gasteiger partial charge in [-0.25, -0.2) is 9.78 Å². The SMILES string of the molecule is CCCn1c(Oc2ccc(C(=O)O)cc2)nc2nc(C34CC5CC(CC(C5)C3)C4)[nH]c2c1=O. The summed E-state index contributed by atoms with van der Waals surface area (Å²) in [6.45, 7) is 2.46. The highest BCUT2D eigenvalue weighted by Gasteiger charge is 2.53. The summed E-state index contributed by atoms with van der Waals surface area (Å²) in [6.07, 6.45) is 8.25. The number of hydrogen-bond acceptors (Lipinski definition) is 5. The van der Waals surface area contributed by atoms with E-state index in [4.69, 9.17) is 14.8 Å². The molecule has 8 nitrogen and oxygen atoms in total. The number of aromatic nitrogens is 4. The summed E-state index contributed by atoms with van der Waals surface area (Å²) in [5, 5.41) is 9.11. The molecule has 4 bridgehead atoms. The second-order valence-corrected chi connectivity index (χ2v) is 10.3. The molecule has 0 spiro atoms. The van der Waals surface area contributed by atoms with Gasteiger partial charge >= 0.3 is 12.0 Å². The van der Waals surface area contributed by atoms with Gasteiger partial charge in [0.15, 0.2) is 11.2 Å². The van der Waals surface area contributed by atoms with E-state index >= 15 is 0 Å². The fourth-order valence-corrected chi connectivity index (χ4v) is 6.89. The Balaban J connectivity index is 1.40. The maximum atomic E-state index is 13.4. The number of imidazole rings is 1. The number of fused-ring (bicyclic) bond motifs is 1. The van der Waals surface area contributed by atoms with Crippen molar-refractivity contribution in [1.82, 2.24) is 19.5 Å². The van der Waals surface area contributed by atoms with Crippen molar-refractivity contribution >= 4 is 17.1 Å². The van der Waals surface area contributed by atoms with E-state index in [1.165, 1.54) is 36.0 Å². The van der Waals surface area contributed by atoms with Crippen molar-refractivity contribution in [2.24, 2.45) is 17.8 Å². The van der Waals surface area contributed by atoms with Crippen LogP contribution in [-0.4, -0.2) is 30.6 Å². The third-order valence-corrected chi connectivity index (χ3v) is 7.87. The number of ether oxygens (including phenoxy) is 1. The molecular formula is C25H28N4O4. The number of hydrogen-bond donors (Lipinski definition) is 2. The minimum absolute atomic E-state index is 0.0468. The molecule has 0 atom stereocenters. The first-order valence-corrected chi connectivity index (χ1v) is 12.0. The van der Waals surface area contributed by atoms with Gasteiger partial charge in [0.1, 0.15) is 11.6 Å². The first kappa shape index (κ1) is 20.4. The van der Waals surface area contributed by atoms with E-state index in [9.17, 15) is 9.59 Å². The van der Waals surface area contributed by atoms with E-state index in [0.29, 0.717) is 23.5 Å². The van der Waals surface area contributed by atoms with Crippen molar-refractivity contribution < 1.29 is 14.6 Å². The van der Waals surface area contributed by atoms with Crippen molar-refractivity contribution in [2.75, 3.05) is 0 Å². The van der Waals surface area contributed by atoms with E-state index < -0.39 is 5.97 Å². The largest absolute Gasteiger partial charge is 0.478 e. The quantitative estimate of drug-likeness (QED) is 0.575. The fraction of sp³-hybridized carbons (Fsp3) is 0.520. The summed E-state index contributed by atoms with van der Waals surface area (Å²) in [5.41, 5.74) is 0.885. The lowest BCUT2D eigenvalue weighted by molar-refractivity contribution is -0.00888. The highest BCUT2D eigenvalue weighted by Crippen LogP contribution is 2.60. The van der Waals surface area contributed by atoms with Crippen LogP contribution >= 0.6 is 0 Å². The number of carbonyl (C=O) groups is 1. The van der Waals surface area contributed by atoms with E-state index in [1.807, 2.05) is 6.92 Å². The molecule has 4 saturated carbocycles. The van der Waals surface area contributed by atoms with Crippen LogP contribution in [0.2, 0.25) is 0 Å². The van der Waals surface area contributed by atoms with Crippen LogP contribution in [0.4, 0.5) is 0 Å². The molecule has 0 amide bonds. The molecule has 2 aromatic heterocycles. The third kappa shape index (κ3) is 3.34. The molecule has 2 N–H and O–H groups in total. The highest BCUT2D eigenvalue weighted by molar-refractivity contribution is 5.87. The fourth-order valence-electron chi connectivity index (χ4n) is 6.89. The zero-order chi connectivity index (χ0) is 22.7. The van der Waals surface area contributed by atoms with Crippen LogP contribution in [0.1, 0.15) is 68.1 Å². The lowest BCUT2D eigenvalue weighted by Gasteiger charge is -2.55. The number of aromatic amines is 1. The average molecular weight is 449 g/mol. The zero-order valence-corrected chi connectivity index (χ0v) is 18.7. The van der Waals surface area contributed by atoms with Gasteiger partial charge in [-0.05, 0) is 87.0 Å². The van der Waals surface area contributed by atoms with Crippen molar-refractivity contribution in [3.05, 3.63) is 46.0 Å². The van der Waals surface area contributed by atoms with Crippen LogP contribution in [-0.2, 0) is 12.0 Å². The molecule has 8 heteroatoms. The smallest absolute Gasteiger partial charge is 0.335 e. The van der Waals surface area contributed by atoms with Gasteiger partial charge in [0.2, 0.25) is 0 Å². The molecule has 0 unspecified atom stereocenters. The standard InChI is InChI=1S/C25H28N4O4/c1-2-7-29-21(30)19-20(28-24(29)33-18-5-3-17(4-6-18)22(31)32)27-23(26-19)25-11-14-8-15(12-25)10-16(9-14)13-25/h3-6,14-16H,2,7-13H2,1H3,(H,26,27)(H,31,32). The maximum absolute atomic E-state index is 13.4. The van der Waals surface area contributed by atoms with Gasteiger partial charge in [-0.1, -0.05) is 6.92 Å². The van der Waals surface area contributed by atoms with Gasteiger partial charge in [-0.3, -0.25) is 9.36 Å². The predicted octanol–water partition coefficient (Wildman–Crippen LogP) is 4.49. The van der Waals surface area contributed by atoms with E-state index in [-0.39, 0.29) is 22.5 Å². The zero-order valence-electron chi connectivity index (χ0n) is 18.7. The van der Waals surface area contributed by atoms with E-state index in [0.717, 1.165) is 49.3 Å². The van der Waals surface area contributed by atoms with Crippen molar-refractivity contribution in [3.63, 3.8) is 0 Å². The van der Waals surface area contributed by atoms with Crippen LogP contribution in [0.15, 0.2) is 29.1 Å². The number of H-pyrrole nitrogens is 1. The van der Waals surface area contributed by atoms with Crippen LogP contribution in [0.25, 0.3) is 11.2 Å². The minimum atomic E-state index is -1.00. The van der Waals surface area contributed by atoms with Crippen LogP contribution in [0.3, 0.4) is 0 Å². The first-order valence-electron chi connectivity index (χ1n) is 12.0. The Morgan fingerprint density at radius 3 is 2.33 bits per heavy atom. The Bertz CT molecular complexity index is 1250. The monoisotopic (exact) mass is 448 g/mol. The van der Waals surface area contributed by atoms with Crippen LogP contribution < -0.4 is 10.3 Å².